The Morgan fingerprint density at radius 3 is 2.81 bits per heavy atom. The molecular formula is C23H28N6O2S. The van der Waals surface area contributed by atoms with Crippen molar-refractivity contribution in [1.82, 2.24) is 20.5 Å². The molecule has 0 bridgehead atoms. The summed E-state index contributed by atoms with van der Waals surface area (Å²) in [5.41, 5.74) is 3.16. The van der Waals surface area contributed by atoms with Crippen LogP contribution in [0.4, 0.5) is 11.5 Å². The highest BCUT2D eigenvalue weighted by atomic mass is 32.2. The predicted molar refractivity (Wildman–Crippen MR) is 130 cm³/mol. The molecule has 9 heteroatoms. The molecule has 0 spiro atoms. The molecule has 3 heterocycles. The number of nitrogens with one attached hydrogen (secondary N) is 3. The Bertz CT molecular complexity index is 1150. The highest BCUT2D eigenvalue weighted by Crippen LogP contribution is 2.36. The van der Waals surface area contributed by atoms with Gasteiger partial charge in [0.2, 0.25) is 5.91 Å². The number of carbonyl (C=O) groups excluding carboxylic acids is 1. The Labute approximate surface area is 191 Å². The van der Waals surface area contributed by atoms with E-state index in [1.807, 2.05) is 55.6 Å². The van der Waals surface area contributed by atoms with Crippen molar-refractivity contribution in [2.45, 2.75) is 30.1 Å². The largest absolute Gasteiger partial charge is 0.487 e. The average molecular weight is 453 g/mol. The van der Waals surface area contributed by atoms with Crippen molar-refractivity contribution in [1.29, 1.82) is 0 Å². The van der Waals surface area contributed by atoms with Gasteiger partial charge in [-0.2, -0.15) is 5.10 Å². The van der Waals surface area contributed by atoms with Crippen LogP contribution >= 0.6 is 11.8 Å². The van der Waals surface area contributed by atoms with Crippen LogP contribution in [0.5, 0.6) is 5.75 Å². The molecule has 1 saturated carbocycles. The smallest absolute Gasteiger partial charge is 0.241 e. The van der Waals surface area contributed by atoms with Crippen molar-refractivity contribution in [3.05, 3.63) is 30.3 Å². The molecule has 1 unspecified atom stereocenters. The monoisotopic (exact) mass is 452 g/mol. The number of hydrogen-bond donors (Lipinski definition) is 3. The molecule has 168 valence electrons. The first-order chi connectivity index (χ1) is 15.5. The second-order valence-corrected chi connectivity index (χ2v) is 9.83. The van der Waals surface area contributed by atoms with Crippen molar-refractivity contribution in [3.63, 3.8) is 0 Å². The Morgan fingerprint density at radius 2 is 2.12 bits per heavy atom. The highest BCUT2D eigenvalue weighted by Gasteiger charge is 2.40. The van der Waals surface area contributed by atoms with Crippen molar-refractivity contribution >= 4 is 40.1 Å². The van der Waals surface area contributed by atoms with Gasteiger partial charge in [-0.05, 0) is 62.4 Å². The summed E-state index contributed by atoms with van der Waals surface area (Å²) in [6.07, 6.45) is 5.32. The normalized spacial score (nSPS) is 20.5. The SMILES string of the molecule is CSC1(C(=O)Nc2ccc3[nH]nc(-c4ccc(OC5CC5)c(N(C)C)n4)c3c2)CCNC1. The summed E-state index contributed by atoms with van der Waals surface area (Å²) in [6.45, 7) is 1.55. The first-order valence-electron chi connectivity index (χ1n) is 10.9. The van der Waals surface area contributed by atoms with Gasteiger partial charge < -0.3 is 20.3 Å². The van der Waals surface area contributed by atoms with E-state index < -0.39 is 4.75 Å². The second-order valence-electron chi connectivity index (χ2n) is 8.64. The fourth-order valence-corrected chi connectivity index (χ4v) is 4.80. The molecule has 3 N–H and O–H groups in total. The molecule has 1 amide bonds. The summed E-state index contributed by atoms with van der Waals surface area (Å²) in [4.78, 5) is 19.8. The summed E-state index contributed by atoms with van der Waals surface area (Å²) in [5.74, 6) is 1.61. The van der Waals surface area contributed by atoms with E-state index in [1.54, 1.807) is 11.8 Å². The molecule has 1 aliphatic heterocycles. The number of H-pyrrole nitrogens is 1. The van der Waals surface area contributed by atoms with Gasteiger partial charge in [0.05, 0.1) is 17.3 Å². The van der Waals surface area contributed by atoms with Crippen LogP contribution in [0.2, 0.25) is 0 Å². The number of aromatic nitrogens is 3. The molecule has 1 aromatic carbocycles. The maximum atomic E-state index is 13.0. The van der Waals surface area contributed by atoms with Gasteiger partial charge in [0.15, 0.2) is 11.6 Å². The summed E-state index contributed by atoms with van der Waals surface area (Å²) >= 11 is 1.61. The number of nitrogens with zero attached hydrogens (tertiary/aromatic N) is 3. The van der Waals surface area contributed by atoms with E-state index >= 15 is 0 Å². The lowest BCUT2D eigenvalue weighted by atomic mass is 10.1. The third kappa shape index (κ3) is 3.91. The standard InChI is InChI=1S/C23H28N6O2S/c1-29(2)21-19(31-15-5-6-15)9-8-18(26-21)20-16-12-14(4-7-17(16)27-28-20)25-22(30)23(32-3)10-11-24-13-23/h4,7-9,12,15,24H,5-6,10-11,13H2,1-3H3,(H,25,30)(H,27,28). The molecule has 1 atom stereocenters. The van der Waals surface area contributed by atoms with E-state index in [-0.39, 0.29) is 5.91 Å². The molecule has 2 fully saturated rings. The van der Waals surface area contributed by atoms with Crippen LogP contribution in [0, 0.1) is 0 Å². The van der Waals surface area contributed by atoms with Crippen molar-refractivity contribution in [2.24, 2.45) is 0 Å². The summed E-state index contributed by atoms with van der Waals surface area (Å²) in [7, 11) is 3.92. The minimum absolute atomic E-state index is 0.0361. The summed E-state index contributed by atoms with van der Waals surface area (Å²) in [5, 5.41) is 14.9. The van der Waals surface area contributed by atoms with E-state index in [4.69, 9.17) is 9.72 Å². The topological polar surface area (TPSA) is 95.2 Å². The zero-order valence-corrected chi connectivity index (χ0v) is 19.4. The molecule has 2 aromatic heterocycles. The van der Waals surface area contributed by atoms with E-state index in [1.165, 1.54) is 0 Å². The van der Waals surface area contributed by atoms with Gasteiger partial charge in [-0.15, -0.1) is 11.8 Å². The first kappa shape index (κ1) is 21.1. The van der Waals surface area contributed by atoms with Gasteiger partial charge in [-0.1, -0.05) is 0 Å². The number of ether oxygens (including phenoxy) is 1. The van der Waals surface area contributed by atoms with Crippen LogP contribution in [0.15, 0.2) is 30.3 Å². The van der Waals surface area contributed by atoms with Gasteiger partial charge in [0.1, 0.15) is 10.4 Å². The molecule has 5 rings (SSSR count). The van der Waals surface area contributed by atoms with Crippen molar-refractivity contribution < 1.29 is 9.53 Å². The third-order valence-corrected chi connectivity index (χ3v) is 7.38. The Hall–Kier alpha value is -2.78. The molecule has 0 radical (unpaired) electrons. The molecule has 32 heavy (non-hydrogen) atoms. The zero-order chi connectivity index (χ0) is 22.3. The number of aromatic amines is 1. The Morgan fingerprint density at radius 1 is 1.28 bits per heavy atom. The van der Waals surface area contributed by atoms with Crippen LogP contribution in [0.1, 0.15) is 19.3 Å². The lowest BCUT2D eigenvalue weighted by molar-refractivity contribution is -0.118. The van der Waals surface area contributed by atoms with Crippen LogP contribution in [-0.2, 0) is 4.79 Å². The average Bonchev–Trinajstić information content (AvgIpc) is 3.31. The van der Waals surface area contributed by atoms with Crippen LogP contribution in [0.25, 0.3) is 22.3 Å². The lowest BCUT2D eigenvalue weighted by Gasteiger charge is -2.24. The zero-order valence-electron chi connectivity index (χ0n) is 18.6. The predicted octanol–water partition coefficient (Wildman–Crippen LogP) is 3.27. The van der Waals surface area contributed by atoms with Gasteiger partial charge >= 0.3 is 0 Å². The lowest BCUT2D eigenvalue weighted by Crippen LogP contribution is -2.41. The minimum atomic E-state index is -0.423. The van der Waals surface area contributed by atoms with E-state index in [0.29, 0.717) is 12.6 Å². The van der Waals surface area contributed by atoms with E-state index in [2.05, 4.69) is 20.8 Å². The number of anilines is 2. The number of rotatable bonds is 7. The number of amides is 1. The Balaban J connectivity index is 1.46. The number of hydrogen-bond acceptors (Lipinski definition) is 7. The van der Waals surface area contributed by atoms with Gasteiger partial charge in [-0.3, -0.25) is 9.89 Å². The van der Waals surface area contributed by atoms with Crippen LogP contribution in [-0.4, -0.2) is 65.4 Å². The van der Waals surface area contributed by atoms with Crippen molar-refractivity contribution in [2.75, 3.05) is 43.7 Å². The van der Waals surface area contributed by atoms with Gasteiger partial charge in [0, 0.05) is 31.7 Å². The molecule has 8 nitrogen and oxygen atoms in total. The molecular weight excluding hydrogens is 424 g/mol. The summed E-state index contributed by atoms with van der Waals surface area (Å²) < 4.78 is 5.60. The minimum Gasteiger partial charge on any atom is -0.487 e. The first-order valence-corrected chi connectivity index (χ1v) is 12.1. The van der Waals surface area contributed by atoms with E-state index in [9.17, 15) is 4.79 Å². The van der Waals surface area contributed by atoms with Gasteiger partial charge in [-0.25, -0.2) is 4.98 Å². The fourth-order valence-electron chi connectivity index (χ4n) is 4.01. The molecule has 1 aliphatic carbocycles. The quantitative estimate of drug-likeness (QED) is 0.506. The maximum Gasteiger partial charge on any atom is 0.241 e. The number of fused-ring (bicyclic) bond motifs is 1. The number of pyridine rings is 1. The van der Waals surface area contributed by atoms with Crippen LogP contribution < -0.4 is 20.3 Å². The molecule has 3 aromatic rings. The third-order valence-electron chi connectivity index (χ3n) is 6.06. The summed E-state index contributed by atoms with van der Waals surface area (Å²) in [6, 6.07) is 9.73. The fraction of sp³-hybridized carbons (Fsp3) is 0.435. The van der Waals surface area contributed by atoms with E-state index in [0.717, 1.165) is 65.4 Å². The maximum absolute atomic E-state index is 13.0. The number of benzene rings is 1. The number of thioether (sulfide) groups is 1. The molecule has 2 aliphatic rings. The second kappa shape index (κ2) is 8.29. The number of carbonyl (C=O) groups is 1. The van der Waals surface area contributed by atoms with Gasteiger partial charge in [0.25, 0.3) is 0 Å². The van der Waals surface area contributed by atoms with Crippen molar-refractivity contribution in [3.8, 4) is 17.1 Å². The van der Waals surface area contributed by atoms with Crippen LogP contribution in [0.3, 0.4) is 0 Å². The highest BCUT2D eigenvalue weighted by molar-refractivity contribution is 8.00. The molecule has 1 saturated heterocycles. The Kier molecular flexibility index (Phi) is 5.46.